The summed E-state index contributed by atoms with van der Waals surface area (Å²) in [4.78, 5) is 20.5. The van der Waals surface area contributed by atoms with Gasteiger partial charge >= 0.3 is 0 Å². The second-order valence-electron chi connectivity index (χ2n) is 20.3. The third-order valence-corrected chi connectivity index (χ3v) is 16.8. The van der Waals surface area contributed by atoms with Crippen LogP contribution in [0, 0.1) is 12.8 Å². The van der Waals surface area contributed by atoms with Gasteiger partial charge in [-0.15, -0.1) is 0 Å². The number of piperazine rings is 1. The van der Waals surface area contributed by atoms with Crippen LogP contribution in [0.2, 0.25) is 0 Å². The van der Waals surface area contributed by atoms with Crippen LogP contribution >= 0.6 is 11.3 Å². The van der Waals surface area contributed by atoms with E-state index in [0.717, 1.165) is 145 Å². The van der Waals surface area contributed by atoms with E-state index in [9.17, 15) is 0 Å². The van der Waals surface area contributed by atoms with E-state index in [4.69, 9.17) is 15.1 Å². The van der Waals surface area contributed by atoms with Crippen molar-refractivity contribution >= 4 is 60.9 Å². The van der Waals surface area contributed by atoms with Crippen molar-refractivity contribution in [1.82, 2.24) is 34.9 Å². The number of aromatic nitrogens is 4. The molecule has 4 aliphatic heterocycles. The maximum absolute atomic E-state index is 5.25. The second kappa shape index (κ2) is 20.3. The Balaban J connectivity index is 0.653. The molecule has 3 aromatic heterocycles. The minimum absolute atomic E-state index is 0.218. The highest BCUT2D eigenvalue weighted by molar-refractivity contribution is 7.22. The Bertz CT molecular complexity index is 3110. The number of allylic oxidation sites excluding steroid dienone is 2. The zero-order chi connectivity index (χ0) is 48.6. The first kappa shape index (κ1) is 46.8. The number of nitrogens with zero attached hydrogens (tertiary/aromatic N) is 8. The molecule has 1 unspecified atom stereocenters. The lowest BCUT2D eigenvalue weighted by atomic mass is 9.90. The molecule has 11 rings (SSSR count). The summed E-state index contributed by atoms with van der Waals surface area (Å²) < 4.78 is 3.22. The number of pyridine rings is 1. The highest BCUT2D eigenvalue weighted by Gasteiger charge is 2.28. The molecule has 0 aliphatic carbocycles. The molecular formula is C60H68N10S. The van der Waals surface area contributed by atoms with Crippen molar-refractivity contribution in [3.8, 4) is 11.1 Å². The zero-order valence-corrected chi connectivity index (χ0v) is 42.5. The van der Waals surface area contributed by atoms with E-state index in [2.05, 4.69) is 160 Å². The maximum Gasteiger partial charge on any atom is 0.188 e. The highest BCUT2D eigenvalue weighted by atomic mass is 32.1. The van der Waals surface area contributed by atoms with Crippen LogP contribution in [-0.4, -0.2) is 88.5 Å². The first-order valence-electron chi connectivity index (χ1n) is 25.9. The van der Waals surface area contributed by atoms with Gasteiger partial charge in [-0.25, -0.2) is 9.97 Å². The quantitative estimate of drug-likeness (QED) is 0.111. The lowest BCUT2D eigenvalue weighted by Crippen LogP contribution is -2.49. The van der Waals surface area contributed by atoms with Crippen molar-refractivity contribution in [3.05, 3.63) is 168 Å². The number of aryl methyl sites for hydroxylation is 2. The molecule has 0 radical (unpaired) electrons. The van der Waals surface area contributed by atoms with Gasteiger partial charge in [0, 0.05) is 111 Å². The summed E-state index contributed by atoms with van der Waals surface area (Å²) in [6, 6.07) is 33.0. The molecule has 364 valence electrons. The Morgan fingerprint density at radius 1 is 0.831 bits per heavy atom. The van der Waals surface area contributed by atoms with Crippen molar-refractivity contribution in [2.75, 3.05) is 74.0 Å². The van der Waals surface area contributed by atoms with Crippen LogP contribution in [0.15, 0.2) is 129 Å². The average Bonchev–Trinajstić information content (AvgIpc) is 3.96. The topological polar surface area (TPSA) is 80.6 Å². The summed E-state index contributed by atoms with van der Waals surface area (Å²) in [5.41, 5.74) is 17.4. The predicted molar refractivity (Wildman–Crippen MR) is 298 cm³/mol. The molecule has 0 spiro atoms. The fourth-order valence-corrected chi connectivity index (χ4v) is 12.7. The predicted octanol–water partition coefficient (Wildman–Crippen LogP) is 11.8. The van der Waals surface area contributed by atoms with Gasteiger partial charge in [-0.05, 0) is 141 Å². The molecule has 7 aromatic rings. The molecule has 10 nitrogen and oxygen atoms in total. The molecular weight excluding hydrogens is 893 g/mol. The summed E-state index contributed by atoms with van der Waals surface area (Å²) in [5, 5.41) is 14.0. The van der Waals surface area contributed by atoms with Crippen LogP contribution in [0.5, 0.6) is 0 Å². The third kappa shape index (κ3) is 9.80. The Kier molecular flexibility index (Phi) is 13.4. The Hall–Kier alpha value is -6.53. The van der Waals surface area contributed by atoms with Crippen LogP contribution in [0.3, 0.4) is 0 Å². The monoisotopic (exact) mass is 961 g/mol. The van der Waals surface area contributed by atoms with Crippen molar-refractivity contribution < 1.29 is 0 Å². The number of benzene rings is 4. The molecule has 7 heterocycles. The van der Waals surface area contributed by atoms with E-state index < -0.39 is 0 Å². The van der Waals surface area contributed by atoms with Gasteiger partial charge < -0.3 is 30.2 Å². The van der Waals surface area contributed by atoms with Crippen LogP contribution in [0.4, 0.5) is 16.6 Å². The Labute approximate surface area is 424 Å². The summed E-state index contributed by atoms with van der Waals surface area (Å²) >= 11 is 1.66. The fourth-order valence-electron chi connectivity index (χ4n) is 11.8. The van der Waals surface area contributed by atoms with Crippen molar-refractivity contribution in [2.45, 2.75) is 64.3 Å². The first-order valence-corrected chi connectivity index (χ1v) is 26.7. The summed E-state index contributed by atoms with van der Waals surface area (Å²) in [6.07, 6.45) is 9.55. The molecule has 0 amide bonds. The Morgan fingerprint density at radius 3 is 2.46 bits per heavy atom. The van der Waals surface area contributed by atoms with Crippen molar-refractivity contribution in [2.24, 2.45) is 13.0 Å². The second-order valence-corrected chi connectivity index (χ2v) is 21.4. The molecule has 0 saturated carbocycles. The minimum Gasteiger partial charge on any atom is -0.371 e. The van der Waals surface area contributed by atoms with Crippen molar-refractivity contribution in [1.29, 1.82) is 0 Å². The largest absolute Gasteiger partial charge is 0.371 e. The summed E-state index contributed by atoms with van der Waals surface area (Å²) in [5.74, 6) is 1.95. The van der Waals surface area contributed by atoms with Gasteiger partial charge in [0.05, 0.1) is 27.1 Å². The van der Waals surface area contributed by atoms with E-state index in [1.54, 1.807) is 11.3 Å². The number of fused-ring (bicyclic) bond motifs is 3. The fraction of sp³-hybridized carbons (Fsp3) is 0.350. The van der Waals surface area contributed by atoms with E-state index in [1.165, 1.54) is 76.9 Å². The van der Waals surface area contributed by atoms with E-state index >= 15 is 0 Å². The molecule has 1 atom stereocenters. The molecule has 11 heteroatoms. The van der Waals surface area contributed by atoms with Crippen LogP contribution in [0.1, 0.15) is 77.2 Å². The smallest absolute Gasteiger partial charge is 0.188 e. The van der Waals surface area contributed by atoms with Gasteiger partial charge in [0.1, 0.15) is 5.82 Å². The third-order valence-electron chi connectivity index (χ3n) is 15.9. The number of hydrogen-bond acceptors (Lipinski definition) is 10. The average molecular weight is 961 g/mol. The molecule has 3 saturated heterocycles. The Morgan fingerprint density at radius 2 is 1.65 bits per heavy atom. The normalized spacial score (nSPS) is 18.3. The van der Waals surface area contributed by atoms with Crippen LogP contribution in [-0.2, 0) is 26.4 Å². The number of para-hydroxylation sites is 1. The maximum atomic E-state index is 5.25. The number of piperidine rings is 2. The zero-order valence-electron chi connectivity index (χ0n) is 41.7. The van der Waals surface area contributed by atoms with Crippen LogP contribution in [0.25, 0.3) is 44.0 Å². The number of thiazole rings is 1. The van der Waals surface area contributed by atoms with Crippen molar-refractivity contribution in [3.63, 3.8) is 0 Å². The first-order chi connectivity index (χ1) is 34.6. The SMILES string of the molecule is C=Cc1nc(N2CCc3cccc(C(=C)Nc4nc5ccccc5s4)c3C2)ccc1-c1cccc(CCCN2CCN(CC3CCN(c4ccc5c(C6CCC(=C)NC6=C)nn(C)c5c4)CC3)CC2)c1C. The molecule has 4 aromatic carbocycles. The van der Waals surface area contributed by atoms with Gasteiger partial charge in [-0.3, -0.25) is 4.68 Å². The van der Waals surface area contributed by atoms with Gasteiger partial charge in [0.25, 0.3) is 0 Å². The van der Waals surface area contributed by atoms with E-state index in [1.807, 2.05) is 12.1 Å². The van der Waals surface area contributed by atoms with E-state index in [0.29, 0.717) is 0 Å². The van der Waals surface area contributed by atoms with Gasteiger partial charge in [0.15, 0.2) is 5.13 Å². The standard InChI is InChI=1S/C60H68N10S/c1-7-54-51(24-25-58(63-54)70-32-28-46-14-11-17-49(53(46)39-70)42(4)62-60-64-55-18-8-9-19-57(55)71-60)48-16-10-13-45(41(48)3)15-12-29-67-33-35-68(36-34-67)38-44-26-30-69(31-27-44)47-21-23-52-56(37-47)66(6)65-59(52)50-22-20-40(2)61-43(50)5/h7-11,13-14,16-19,21,23-25,37,44,50,61H,1-2,4-5,12,15,20,22,26-36,38-39H2,3,6H3,(H,62,64). The highest BCUT2D eigenvalue weighted by Crippen LogP contribution is 2.38. The van der Waals surface area contributed by atoms with Gasteiger partial charge in [0.2, 0.25) is 0 Å². The summed E-state index contributed by atoms with van der Waals surface area (Å²) in [7, 11) is 2.07. The number of rotatable bonds is 14. The number of nitrogens with one attached hydrogen (secondary N) is 2. The van der Waals surface area contributed by atoms with Gasteiger partial charge in [-0.2, -0.15) is 5.10 Å². The molecule has 4 aliphatic rings. The van der Waals surface area contributed by atoms with Gasteiger partial charge in [-0.1, -0.05) is 86.2 Å². The summed E-state index contributed by atoms with van der Waals surface area (Å²) in [6.45, 7) is 30.3. The number of hydrogen-bond donors (Lipinski definition) is 2. The molecule has 0 bridgehead atoms. The minimum atomic E-state index is 0.218. The lowest BCUT2D eigenvalue weighted by molar-refractivity contribution is 0.112. The molecule has 3 fully saturated rings. The van der Waals surface area contributed by atoms with E-state index in [-0.39, 0.29) is 5.92 Å². The van der Waals surface area contributed by atoms with Crippen LogP contribution < -0.4 is 20.4 Å². The lowest BCUT2D eigenvalue weighted by Gasteiger charge is -2.39. The molecule has 2 N–H and O–H groups in total. The molecule has 71 heavy (non-hydrogen) atoms. The number of anilines is 3.